The van der Waals surface area contributed by atoms with Crippen molar-refractivity contribution in [3.05, 3.63) is 59.0 Å². The molecule has 2 amide bonds. The minimum absolute atomic E-state index is 0.0544. The van der Waals surface area contributed by atoms with E-state index in [0.29, 0.717) is 6.54 Å². The average molecular weight is 354 g/mol. The molecule has 0 spiro atoms. The highest BCUT2D eigenvalue weighted by atomic mass is 19.1. The van der Waals surface area contributed by atoms with Crippen LogP contribution in [-0.2, 0) is 13.0 Å². The summed E-state index contributed by atoms with van der Waals surface area (Å²) in [5.74, 6) is 0.782. The number of carbonyl (C=O) groups is 1. The van der Waals surface area contributed by atoms with Crippen LogP contribution in [0.4, 0.5) is 15.0 Å². The summed E-state index contributed by atoms with van der Waals surface area (Å²) in [6.45, 7) is 2.57. The normalized spacial score (nSPS) is 18.7. The van der Waals surface area contributed by atoms with Crippen molar-refractivity contribution in [1.29, 1.82) is 0 Å². The molecule has 1 aromatic carbocycles. The fourth-order valence-corrected chi connectivity index (χ4v) is 3.78. The zero-order valence-electron chi connectivity index (χ0n) is 14.7. The van der Waals surface area contributed by atoms with E-state index in [1.54, 1.807) is 12.1 Å². The van der Waals surface area contributed by atoms with E-state index in [1.165, 1.54) is 18.9 Å². The van der Waals surface area contributed by atoms with Crippen LogP contribution in [0.5, 0.6) is 0 Å². The topological polar surface area (TPSA) is 57.3 Å². The lowest BCUT2D eigenvalue weighted by Crippen LogP contribution is -2.37. The maximum absolute atomic E-state index is 13.3. The van der Waals surface area contributed by atoms with Gasteiger partial charge in [0.25, 0.3) is 0 Å². The van der Waals surface area contributed by atoms with Gasteiger partial charge in [0, 0.05) is 25.8 Å². The number of halogens is 1. The van der Waals surface area contributed by atoms with E-state index >= 15 is 0 Å². The zero-order valence-corrected chi connectivity index (χ0v) is 14.7. The summed E-state index contributed by atoms with van der Waals surface area (Å²) in [6.07, 6.45) is 5.87. The lowest BCUT2D eigenvalue weighted by Gasteiger charge is -2.17. The van der Waals surface area contributed by atoms with Crippen molar-refractivity contribution in [2.45, 2.75) is 38.3 Å². The molecular formula is C20H23FN4O. The van der Waals surface area contributed by atoms with Crippen LogP contribution < -0.4 is 15.5 Å². The SMILES string of the molecule is O=C(NCc1ccc(N2CCCC2)nc1)N[C@@H]1CCc2cc(F)ccc21. The van der Waals surface area contributed by atoms with Gasteiger partial charge in [-0.15, -0.1) is 0 Å². The van der Waals surface area contributed by atoms with Crippen LogP contribution in [0.2, 0.25) is 0 Å². The number of nitrogens with zero attached hydrogens (tertiary/aromatic N) is 2. The van der Waals surface area contributed by atoms with Gasteiger partial charge in [0.1, 0.15) is 11.6 Å². The minimum Gasteiger partial charge on any atom is -0.357 e. The summed E-state index contributed by atoms with van der Waals surface area (Å²) >= 11 is 0. The number of nitrogens with one attached hydrogen (secondary N) is 2. The molecule has 1 aliphatic carbocycles. The number of amides is 2. The number of carbonyl (C=O) groups excluding carboxylic acids is 1. The number of pyridine rings is 1. The van der Waals surface area contributed by atoms with Crippen molar-refractivity contribution in [3.8, 4) is 0 Å². The van der Waals surface area contributed by atoms with Crippen LogP contribution in [0.25, 0.3) is 0 Å². The molecule has 136 valence electrons. The van der Waals surface area contributed by atoms with E-state index in [1.807, 2.05) is 18.3 Å². The first kappa shape index (κ1) is 16.8. The van der Waals surface area contributed by atoms with Crippen LogP contribution in [0.3, 0.4) is 0 Å². The molecule has 4 rings (SSSR count). The van der Waals surface area contributed by atoms with E-state index in [2.05, 4.69) is 20.5 Å². The van der Waals surface area contributed by atoms with Gasteiger partial charge in [-0.1, -0.05) is 12.1 Å². The highest BCUT2D eigenvalue weighted by Gasteiger charge is 2.24. The standard InChI is InChI=1S/C20H23FN4O/c21-16-5-6-17-15(11-16)4-7-18(17)24-20(26)23-13-14-3-8-19(22-12-14)25-9-1-2-10-25/h3,5-6,8,11-12,18H,1-2,4,7,9-10,13H2,(H2,23,24,26)/t18-/m1/s1. The number of benzene rings is 1. The first-order chi connectivity index (χ1) is 12.7. The van der Waals surface area contributed by atoms with Crippen molar-refractivity contribution in [1.82, 2.24) is 15.6 Å². The van der Waals surface area contributed by atoms with Crippen molar-refractivity contribution in [2.24, 2.45) is 0 Å². The zero-order chi connectivity index (χ0) is 17.9. The fraction of sp³-hybridized carbons (Fsp3) is 0.400. The van der Waals surface area contributed by atoms with E-state index < -0.39 is 0 Å². The molecule has 2 heterocycles. The van der Waals surface area contributed by atoms with Gasteiger partial charge in [0.2, 0.25) is 0 Å². The summed E-state index contributed by atoms with van der Waals surface area (Å²) in [5.41, 5.74) is 2.96. The van der Waals surface area contributed by atoms with Gasteiger partial charge in [-0.2, -0.15) is 0 Å². The molecular weight excluding hydrogens is 331 g/mol. The number of hydrogen-bond donors (Lipinski definition) is 2. The van der Waals surface area contributed by atoms with Gasteiger partial charge in [0.05, 0.1) is 6.04 Å². The number of anilines is 1. The molecule has 26 heavy (non-hydrogen) atoms. The molecule has 2 N–H and O–H groups in total. The van der Waals surface area contributed by atoms with Gasteiger partial charge < -0.3 is 15.5 Å². The fourth-order valence-electron chi connectivity index (χ4n) is 3.78. The van der Waals surface area contributed by atoms with Crippen LogP contribution >= 0.6 is 0 Å². The van der Waals surface area contributed by atoms with Crippen molar-refractivity contribution < 1.29 is 9.18 Å². The molecule has 2 aromatic rings. The number of fused-ring (bicyclic) bond motifs is 1. The molecule has 0 saturated carbocycles. The Labute approximate surface area is 152 Å². The Hall–Kier alpha value is -2.63. The minimum atomic E-state index is -0.223. The van der Waals surface area contributed by atoms with E-state index in [9.17, 15) is 9.18 Å². The molecule has 5 nitrogen and oxygen atoms in total. The van der Waals surface area contributed by atoms with Gasteiger partial charge in [-0.25, -0.2) is 14.2 Å². The predicted octanol–water partition coefficient (Wildman–Crippen LogP) is 3.31. The maximum Gasteiger partial charge on any atom is 0.315 e. The molecule has 0 bridgehead atoms. The Balaban J connectivity index is 1.29. The van der Waals surface area contributed by atoms with E-state index in [4.69, 9.17) is 0 Å². The highest BCUT2D eigenvalue weighted by molar-refractivity contribution is 5.74. The van der Waals surface area contributed by atoms with Gasteiger partial charge in [-0.3, -0.25) is 0 Å². The molecule has 2 aliphatic rings. The highest BCUT2D eigenvalue weighted by Crippen LogP contribution is 2.31. The quantitative estimate of drug-likeness (QED) is 0.886. The molecule has 1 atom stereocenters. The number of aryl methyl sites for hydroxylation is 1. The summed E-state index contributed by atoms with van der Waals surface area (Å²) in [6, 6.07) is 8.53. The van der Waals surface area contributed by atoms with Crippen molar-refractivity contribution in [3.63, 3.8) is 0 Å². The summed E-state index contributed by atoms with van der Waals surface area (Å²) < 4.78 is 13.3. The van der Waals surface area contributed by atoms with Gasteiger partial charge >= 0.3 is 6.03 Å². The molecule has 1 aliphatic heterocycles. The predicted molar refractivity (Wildman–Crippen MR) is 98.5 cm³/mol. The van der Waals surface area contributed by atoms with E-state index in [-0.39, 0.29) is 17.9 Å². The van der Waals surface area contributed by atoms with Crippen LogP contribution in [0.15, 0.2) is 36.5 Å². The number of urea groups is 1. The summed E-state index contributed by atoms with van der Waals surface area (Å²) in [7, 11) is 0. The van der Waals surface area contributed by atoms with Crippen molar-refractivity contribution in [2.75, 3.05) is 18.0 Å². The first-order valence-corrected chi connectivity index (χ1v) is 9.21. The largest absolute Gasteiger partial charge is 0.357 e. The monoisotopic (exact) mass is 354 g/mol. The summed E-state index contributed by atoms with van der Waals surface area (Å²) in [4.78, 5) is 19.0. The molecule has 1 saturated heterocycles. The molecule has 6 heteroatoms. The lowest BCUT2D eigenvalue weighted by atomic mass is 10.1. The van der Waals surface area contributed by atoms with Gasteiger partial charge in [0.15, 0.2) is 0 Å². The third-order valence-corrected chi connectivity index (χ3v) is 5.18. The second kappa shape index (κ2) is 7.32. The molecule has 1 aromatic heterocycles. The van der Waals surface area contributed by atoms with Gasteiger partial charge in [-0.05, 0) is 60.6 Å². The van der Waals surface area contributed by atoms with E-state index in [0.717, 1.165) is 48.4 Å². The maximum atomic E-state index is 13.3. The third kappa shape index (κ3) is 3.64. The first-order valence-electron chi connectivity index (χ1n) is 9.21. The number of hydrogen-bond acceptors (Lipinski definition) is 3. The Bertz CT molecular complexity index is 787. The number of rotatable bonds is 4. The Kier molecular flexibility index (Phi) is 4.73. The molecule has 0 unspecified atom stereocenters. The third-order valence-electron chi connectivity index (χ3n) is 5.18. The Morgan fingerprint density at radius 3 is 2.85 bits per heavy atom. The Morgan fingerprint density at radius 2 is 2.08 bits per heavy atom. The Morgan fingerprint density at radius 1 is 1.23 bits per heavy atom. The molecule has 0 radical (unpaired) electrons. The smallest absolute Gasteiger partial charge is 0.315 e. The second-order valence-electron chi connectivity index (χ2n) is 6.98. The van der Waals surface area contributed by atoms with Crippen LogP contribution in [0, 0.1) is 5.82 Å². The van der Waals surface area contributed by atoms with Crippen molar-refractivity contribution >= 4 is 11.8 Å². The molecule has 1 fully saturated rings. The van der Waals surface area contributed by atoms with Crippen LogP contribution in [-0.4, -0.2) is 24.1 Å². The average Bonchev–Trinajstić information content (AvgIpc) is 3.31. The van der Waals surface area contributed by atoms with Crippen LogP contribution in [0.1, 0.15) is 42.0 Å². The second-order valence-corrected chi connectivity index (χ2v) is 6.98. The lowest BCUT2D eigenvalue weighted by molar-refractivity contribution is 0.236. The summed E-state index contributed by atoms with van der Waals surface area (Å²) in [5, 5.41) is 5.86. The number of aromatic nitrogens is 1.